The highest BCUT2D eigenvalue weighted by Crippen LogP contribution is 2.28. The fourth-order valence-electron chi connectivity index (χ4n) is 1.78. The predicted molar refractivity (Wildman–Crippen MR) is 81.3 cm³/mol. The molecule has 19 heavy (non-hydrogen) atoms. The number of para-hydroxylation sites is 1. The number of ether oxygens (including phenoxy) is 1. The van der Waals surface area contributed by atoms with Gasteiger partial charge in [-0.25, -0.2) is 4.98 Å². The third-order valence-corrected chi connectivity index (χ3v) is 3.72. The van der Waals surface area contributed by atoms with E-state index in [2.05, 4.69) is 23.4 Å². The van der Waals surface area contributed by atoms with Gasteiger partial charge in [0.15, 0.2) is 0 Å². The third-order valence-electron chi connectivity index (χ3n) is 2.68. The Morgan fingerprint density at radius 1 is 1.42 bits per heavy atom. The molecule has 4 heteroatoms. The van der Waals surface area contributed by atoms with E-state index in [0.29, 0.717) is 0 Å². The molecule has 0 aliphatic rings. The van der Waals surface area contributed by atoms with Crippen LogP contribution in [0.2, 0.25) is 0 Å². The normalized spacial score (nSPS) is 11.6. The van der Waals surface area contributed by atoms with Gasteiger partial charge in [0.1, 0.15) is 5.75 Å². The van der Waals surface area contributed by atoms with E-state index in [1.54, 1.807) is 13.3 Å². The summed E-state index contributed by atoms with van der Waals surface area (Å²) < 4.78 is 7.46. The molecule has 0 unspecified atom stereocenters. The lowest BCUT2D eigenvalue weighted by atomic mass is 10.1. The molecule has 0 radical (unpaired) electrons. The number of thioether (sulfide) groups is 1. The van der Waals surface area contributed by atoms with E-state index in [1.807, 2.05) is 47.1 Å². The summed E-state index contributed by atoms with van der Waals surface area (Å²) in [7, 11) is 1.70. The van der Waals surface area contributed by atoms with Crippen molar-refractivity contribution >= 4 is 17.5 Å². The van der Waals surface area contributed by atoms with Crippen molar-refractivity contribution in [2.75, 3.05) is 12.9 Å². The molecule has 1 aromatic heterocycles. The molecule has 2 aromatic rings. The average molecular weight is 274 g/mol. The summed E-state index contributed by atoms with van der Waals surface area (Å²) in [4.78, 5) is 4.12. The average Bonchev–Trinajstić information content (AvgIpc) is 2.98. The van der Waals surface area contributed by atoms with E-state index in [9.17, 15) is 0 Å². The Balaban J connectivity index is 2.40. The number of hydrogen-bond acceptors (Lipinski definition) is 3. The topological polar surface area (TPSA) is 27.1 Å². The molecule has 0 atom stereocenters. The Hall–Kier alpha value is -1.68. The molecule has 0 fully saturated rings. The molecular weight excluding hydrogens is 256 g/mol. The minimum Gasteiger partial charge on any atom is -0.496 e. The van der Waals surface area contributed by atoms with Gasteiger partial charge >= 0.3 is 0 Å². The van der Waals surface area contributed by atoms with Crippen molar-refractivity contribution in [3.8, 4) is 5.75 Å². The summed E-state index contributed by atoms with van der Waals surface area (Å²) in [6, 6.07) is 8.04. The highest BCUT2D eigenvalue weighted by Gasteiger charge is 2.09. The molecule has 1 aromatic carbocycles. The van der Waals surface area contributed by atoms with Crippen molar-refractivity contribution < 1.29 is 4.74 Å². The standard InChI is InChI=1S/C15H18N2OS/c1-3-10-19-11-14(17-9-8-16-12-17)13-6-4-5-7-15(13)18-2/h4-9,11-12H,3,10H2,1-2H3/b14-11+. The number of imidazole rings is 1. The van der Waals surface area contributed by atoms with Gasteiger partial charge in [0.2, 0.25) is 0 Å². The van der Waals surface area contributed by atoms with Crippen LogP contribution in [0, 0.1) is 0 Å². The highest BCUT2D eigenvalue weighted by atomic mass is 32.2. The highest BCUT2D eigenvalue weighted by molar-refractivity contribution is 8.02. The first-order chi connectivity index (χ1) is 9.36. The Kier molecular flexibility index (Phi) is 5.10. The number of aromatic nitrogens is 2. The maximum absolute atomic E-state index is 5.45. The summed E-state index contributed by atoms with van der Waals surface area (Å²) in [6.07, 6.45) is 6.70. The second kappa shape index (κ2) is 7.04. The zero-order valence-corrected chi connectivity index (χ0v) is 12.1. The fraction of sp³-hybridized carbons (Fsp3) is 0.267. The first kappa shape index (κ1) is 13.7. The number of methoxy groups -OCH3 is 1. The van der Waals surface area contributed by atoms with Crippen molar-refractivity contribution in [1.29, 1.82) is 0 Å². The van der Waals surface area contributed by atoms with Crippen molar-refractivity contribution in [3.63, 3.8) is 0 Å². The molecule has 0 N–H and O–H groups in total. The quantitative estimate of drug-likeness (QED) is 0.748. The second-order valence-electron chi connectivity index (χ2n) is 4.04. The smallest absolute Gasteiger partial charge is 0.128 e. The van der Waals surface area contributed by atoms with E-state index < -0.39 is 0 Å². The molecule has 100 valence electrons. The molecule has 0 spiro atoms. The number of rotatable bonds is 6. The van der Waals surface area contributed by atoms with Gasteiger partial charge in [-0.2, -0.15) is 0 Å². The summed E-state index contributed by atoms with van der Waals surface area (Å²) in [6.45, 7) is 2.18. The van der Waals surface area contributed by atoms with Crippen molar-refractivity contribution in [2.24, 2.45) is 0 Å². The molecule has 0 bridgehead atoms. The van der Waals surface area contributed by atoms with E-state index in [0.717, 1.165) is 29.2 Å². The molecule has 0 aliphatic carbocycles. The third kappa shape index (κ3) is 3.41. The maximum atomic E-state index is 5.45. The van der Waals surface area contributed by atoms with Gasteiger partial charge in [-0.1, -0.05) is 19.1 Å². The van der Waals surface area contributed by atoms with Crippen molar-refractivity contribution in [3.05, 3.63) is 54.0 Å². The number of benzene rings is 1. The van der Waals surface area contributed by atoms with Crippen LogP contribution in [-0.2, 0) is 0 Å². The van der Waals surface area contributed by atoms with E-state index in [-0.39, 0.29) is 0 Å². The number of nitrogens with zero attached hydrogens (tertiary/aromatic N) is 2. The lowest BCUT2D eigenvalue weighted by Gasteiger charge is -2.12. The van der Waals surface area contributed by atoms with E-state index in [4.69, 9.17) is 4.74 Å². The lowest BCUT2D eigenvalue weighted by molar-refractivity contribution is 0.413. The van der Waals surface area contributed by atoms with Crippen LogP contribution in [0.3, 0.4) is 0 Å². The minimum atomic E-state index is 0.875. The monoisotopic (exact) mass is 274 g/mol. The van der Waals surface area contributed by atoms with Gasteiger partial charge in [0, 0.05) is 18.0 Å². The minimum absolute atomic E-state index is 0.875. The van der Waals surface area contributed by atoms with Crippen LogP contribution in [0.5, 0.6) is 5.75 Å². The second-order valence-corrected chi connectivity index (χ2v) is 5.02. The van der Waals surface area contributed by atoms with E-state index >= 15 is 0 Å². The maximum Gasteiger partial charge on any atom is 0.128 e. The summed E-state index contributed by atoms with van der Waals surface area (Å²) in [5.74, 6) is 1.98. The van der Waals surface area contributed by atoms with Gasteiger partial charge < -0.3 is 9.30 Å². The van der Waals surface area contributed by atoms with Crippen molar-refractivity contribution in [2.45, 2.75) is 13.3 Å². The molecule has 1 heterocycles. The van der Waals surface area contributed by atoms with Crippen LogP contribution in [0.4, 0.5) is 0 Å². The summed E-state index contributed by atoms with van der Waals surface area (Å²) in [5.41, 5.74) is 2.17. The zero-order valence-electron chi connectivity index (χ0n) is 11.2. The molecule has 0 saturated carbocycles. The summed E-state index contributed by atoms with van der Waals surface area (Å²) in [5, 5.41) is 2.17. The Labute approximate surface area is 118 Å². The van der Waals surface area contributed by atoms with Gasteiger partial charge in [-0.05, 0) is 29.7 Å². The van der Waals surface area contributed by atoms with Crippen LogP contribution < -0.4 is 4.74 Å². The molecule has 0 aliphatic heterocycles. The molecule has 2 rings (SSSR count). The molecule has 0 saturated heterocycles. The lowest BCUT2D eigenvalue weighted by Crippen LogP contribution is -1.98. The molecule has 3 nitrogen and oxygen atoms in total. The zero-order chi connectivity index (χ0) is 13.5. The first-order valence-corrected chi connectivity index (χ1v) is 7.35. The molecule has 0 amide bonds. The van der Waals surface area contributed by atoms with Crippen LogP contribution in [-0.4, -0.2) is 22.4 Å². The first-order valence-electron chi connectivity index (χ1n) is 6.30. The number of hydrogen-bond donors (Lipinski definition) is 0. The van der Waals surface area contributed by atoms with Crippen LogP contribution in [0.15, 0.2) is 48.4 Å². The van der Waals surface area contributed by atoms with Crippen LogP contribution >= 0.6 is 11.8 Å². The van der Waals surface area contributed by atoms with Gasteiger partial charge in [0.25, 0.3) is 0 Å². The Bertz CT molecular complexity index is 535. The SMILES string of the molecule is CCCS/C=C(\c1ccccc1OC)n1ccnc1. The van der Waals surface area contributed by atoms with E-state index in [1.165, 1.54) is 0 Å². The summed E-state index contributed by atoms with van der Waals surface area (Å²) >= 11 is 1.81. The Morgan fingerprint density at radius 3 is 2.95 bits per heavy atom. The van der Waals surface area contributed by atoms with Crippen LogP contribution in [0.25, 0.3) is 5.70 Å². The van der Waals surface area contributed by atoms with Gasteiger partial charge in [-0.3, -0.25) is 0 Å². The van der Waals surface area contributed by atoms with Crippen LogP contribution in [0.1, 0.15) is 18.9 Å². The largest absolute Gasteiger partial charge is 0.496 e. The molecular formula is C15H18N2OS. The fourth-order valence-corrected chi connectivity index (χ4v) is 2.54. The van der Waals surface area contributed by atoms with Gasteiger partial charge in [0.05, 0.1) is 19.1 Å². The Morgan fingerprint density at radius 2 is 2.26 bits per heavy atom. The van der Waals surface area contributed by atoms with Crippen molar-refractivity contribution in [1.82, 2.24) is 9.55 Å². The van der Waals surface area contributed by atoms with Gasteiger partial charge in [-0.15, -0.1) is 11.8 Å². The predicted octanol–water partition coefficient (Wildman–Crippen LogP) is 3.88.